The fourth-order valence-corrected chi connectivity index (χ4v) is 8.20. The molecule has 9 nitrogen and oxygen atoms in total. The van der Waals surface area contributed by atoms with E-state index in [1.807, 2.05) is 61.5 Å². The maximum absolute atomic E-state index is 14.8. The highest BCUT2D eigenvalue weighted by Crippen LogP contribution is 2.31. The van der Waals surface area contributed by atoms with Crippen molar-refractivity contribution in [3.63, 3.8) is 0 Å². The van der Waals surface area contributed by atoms with Crippen LogP contribution in [0.3, 0.4) is 0 Å². The molecule has 1 N–H and O–H groups in total. The molecular weight excluding hydrogens is 706 g/mol. The van der Waals surface area contributed by atoms with Crippen LogP contribution in [0.25, 0.3) is 0 Å². The first kappa shape index (κ1) is 35.9. The Hall–Kier alpha value is -4.35. The Morgan fingerprint density at radius 2 is 1.57 bits per heavy atom. The van der Waals surface area contributed by atoms with Gasteiger partial charge < -0.3 is 19.7 Å². The summed E-state index contributed by atoms with van der Waals surface area (Å²) in [5, 5.41) is 3.20. The van der Waals surface area contributed by atoms with Crippen molar-refractivity contribution in [2.24, 2.45) is 0 Å². The van der Waals surface area contributed by atoms with Crippen molar-refractivity contribution >= 4 is 43.5 Å². The molecule has 4 aromatic carbocycles. The maximum atomic E-state index is 14.8. The Kier molecular flexibility index (Phi) is 12.0. The first-order chi connectivity index (χ1) is 23.6. The second-order valence-electron chi connectivity index (χ2n) is 12.2. The van der Waals surface area contributed by atoms with Crippen molar-refractivity contribution < 1.29 is 27.5 Å². The zero-order valence-corrected chi connectivity index (χ0v) is 30.4. The van der Waals surface area contributed by atoms with E-state index in [0.717, 1.165) is 46.7 Å². The lowest BCUT2D eigenvalue weighted by molar-refractivity contribution is -0.140. The lowest BCUT2D eigenvalue weighted by Gasteiger charge is -2.34. The molecule has 258 valence electrons. The number of ether oxygens (including phenoxy) is 2. The number of halogens is 1. The molecule has 1 aliphatic rings. The number of benzene rings is 4. The molecule has 2 amide bonds. The number of carbonyl (C=O) groups is 2. The minimum absolute atomic E-state index is 0.0206. The standard InChI is InChI=1S/C38H42BrN3O6S/c1-27-16-18-31(19-17-27)42(49(45,46)33-20-21-36(48-3)34(39)24-33)26-37(43)41(25-29-12-9-15-32(22-29)47-2)35(23-28-10-5-4-6-11-28)38(44)40-30-13-7-8-14-30/h4-6,9-12,15-22,24,30,35H,7-8,13-14,23,25-26H2,1-3H3,(H,40,44). The number of carbonyl (C=O) groups excluding carboxylic acids is 2. The second kappa shape index (κ2) is 16.4. The highest BCUT2D eigenvalue weighted by Gasteiger charge is 2.36. The smallest absolute Gasteiger partial charge is 0.264 e. The fourth-order valence-electron chi connectivity index (χ4n) is 6.06. The van der Waals surface area contributed by atoms with E-state index in [1.165, 1.54) is 24.1 Å². The number of methoxy groups -OCH3 is 2. The zero-order chi connectivity index (χ0) is 35.0. The quantitative estimate of drug-likeness (QED) is 0.155. The molecular formula is C38H42BrN3O6S. The summed E-state index contributed by atoms with van der Waals surface area (Å²) in [5.41, 5.74) is 2.87. The maximum Gasteiger partial charge on any atom is 0.264 e. The molecule has 5 rings (SSSR count). The average molecular weight is 749 g/mol. The van der Waals surface area contributed by atoms with E-state index in [4.69, 9.17) is 9.47 Å². The number of anilines is 1. The first-order valence-electron chi connectivity index (χ1n) is 16.3. The van der Waals surface area contributed by atoms with Crippen LogP contribution in [0.2, 0.25) is 0 Å². The lowest BCUT2D eigenvalue weighted by atomic mass is 10.0. The van der Waals surface area contributed by atoms with Gasteiger partial charge in [0, 0.05) is 19.0 Å². The van der Waals surface area contributed by atoms with E-state index < -0.39 is 28.5 Å². The number of rotatable bonds is 14. The van der Waals surface area contributed by atoms with Crippen molar-refractivity contribution in [3.8, 4) is 11.5 Å². The zero-order valence-electron chi connectivity index (χ0n) is 28.0. The molecule has 0 saturated heterocycles. The monoisotopic (exact) mass is 747 g/mol. The lowest BCUT2D eigenvalue weighted by Crippen LogP contribution is -2.54. The molecule has 0 radical (unpaired) electrons. The van der Waals surface area contributed by atoms with Gasteiger partial charge in [-0.25, -0.2) is 8.42 Å². The summed E-state index contributed by atoms with van der Waals surface area (Å²) in [5.74, 6) is 0.283. The van der Waals surface area contributed by atoms with Crippen LogP contribution in [0, 0.1) is 6.92 Å². The van der Waals surface area contributed by atoms with Crippen LogP contribution in [-0.4, -0.2) is 58.0 Å². The molecule has 0 aromatic heterocycles. The third-order valence-corrected chi connectivity index (χ3v) is 11.2. The van der Waals surface area contributed by atoms with Crippen molar-refractivity contribution in [1.82, 2.24) is 10.2 Å². The van der Waals surface area contributed by atoms with Crippen molar-refractivity contribution in [1.29, 1.82) is 0 Å². The van der Waals surface area contributed by atoms with Gasteiger partial charge in [0.05, 0.1) is 29.3 Å². The molecule has 1 fully saturated rings. The van der Waals surface area contributed by atoms with E-state index in [1.54, 1.807) is 37.4 Å². The topological polar surface area (TPSA) is 105 Å². The molecule has 0 bridgehead atoms. The van der Waals surface area contributed by atoms with Gasteiger partial charge in [0.25, 0.3) is 10.0 Å². The van der Waals surface area contributed by atoms with Crippen molar-refractivity contribution in [3.05, 3.63) is 118 Å². The molecule has 4 aromatic rings. The number of nitrogens with zero attached hydrogens (tertiary/aromatic N) is 2. The number of aryl methyl sites for hydroxylation is 1. The molecule has 1 aliphatic carbocycles. The predicted octanol–water partition coefficient (Wildman–Crippen LogP) is 6.67. The Morgan fingerprint density at radius 3 is 2.22 bits per heavy atom. The molecule has 0 aliphatic heterocycles. The molecule has 49 heavy (non-hydrogen) atoms. The SMILES string of the molecule is COc1cccc(CN(C(=O)CN(c2ccc(C)cc2)S(=O)(=O)c2ccc(OC)c(Br)c2)C(Cc2ccccc2)C(=O)NC2CCCC2)c1. The van der Waals surface area contributed by atoms with Gasteiger partial charge in [-0.2, -0.15) is 0 Å². The number of amides is 2. The Morgan fingerprint density at radius 1 is 0.878 bits per heavy atom. The summed E-state index contributed by atoms with van der Waals surface area (Å²) in [4.78, 5) is 30.4. The van der Waals surface area contributed by atoms with Crippen LogP contribution in [0.4, 0.5) is 5.69 Å². The summed E-state index contributed by atoms with van der Waals surface area (Å²) < 4.78 is 41.1. The number of sulfonamides is 1. The van der Waals surface area contributed by atoms with Crippen LogP contribution in [0.15, 0.2) is 106 Å². The van der Waals surface area contributed by atoms with Gasteiger partial charge in [-0.1, -0.05) is 73.0 Å². The van der Waals surface area contributed by atoms with E-state index >= 15 is 0 Å². The van der Waals surface area contributed by atoms with Gasteiger partial charge in [0.2, 0.25) is 11.8 Å². The largest absolute Gasteiger partial charge is 0.497 e. The third-order valence-electron chi connectivity index (χ3n) is 8.77. The summed E-state index contributed by atoms with van der Waals surface area (Å²) in [7, 11) is -1.21. The van der Waals surface area contributed by atoms with Gasteiger partial charge in [0.1, 0.15) is 24.1 Å². The minimum atomic E-state index is -4.27. The first-order valence-corrected chi connectivity index (χ1v) is 18.5. The van der Waals surface area contributed by atoms with E-state index in [0.29, 0.717) is 21.7 Å². The van der Waals surface area contributed by atoms with Crippen LogP contribution in [-0.2, 0) is 32.6 Å². The number of nitrogens with one attached hydrogen (secondary N) is 1. The van der Waals surface area contributed by atoms with Crippen LogP contribution in [0.5, 0.6) is 11.5 Å². The van der Waals surface area contributed by atoms with Crippen LogP contribution >= 0.6 is 15.9 Å². The highest BCUT2D eigenvalue weighted by molar-refractivity contribution is 9.10. The molecule has 0 heterocycles. The summed E-state index contributed by atoms with van der Waals surface area (Å²) in [6.45, 7) is 1.42. The second-order valence-corrected chi connectivity index (χ2v) is 14.9. The van der Waals surface area contributed by atoms with Crippen LogP contribution in [0.1, 0.15) is 42.4 Å². The van der Waals surface area contributed by atoms with Gasteiger partial charge in [-0.3, -0.25) is 13.9 Å². The fraction of sp³-hybridized carbons (Fsp3) is 0.316. The Balaban J connectivity index is 1.58. The molecule has 0 spiro atoms. The van der Waals surface area contributed by atoms with Gasteiger partial charge >= 0.3 is 0 Å². The summed E-state index contributed by atoms with van der Waals surface area (Å²) in [6.07, 6.45) is 4.07. The number of hydrogen-bond donors (Lipinski definition) is 1. The summed E-state index contributed by atoms with van der Waals surface area (Å²) >= 11 is 3.40. The van der Waals surface area contributed by atoms with Gasteiger partial charge in [0.15, 0.2) is 0 Å². The van der Waals surface area contributed by atoms with Crippen LogP contribution < -0.4 is 19.1 Å². The molecule has 11 heteroatoms. The normalized spacial score (nSPS) is 13.8. The molecule has 1 atom stereocenters. The Bertz CT molecular complexity index is 1850. The van der Waals surface area contributed by atoms with Crippen molar-refractivity contribution in [2.45, 2.75) is 62.6 Å². The highest BCUT2D eigenvalue weighted by atomic mass is 79.9. The summed E-state index contributed by atoms with van der Waals surface area (Å²) in [6, 6.07) is 27.4. The van der Waals surface area contributed by atoms with E-state index in [-0.39, 0.29) is 29.8 Å². The van der Waals surface area contributed by atoms with E-state index in [2.05, 4.69) is 21.2 Å². The van der Waals surface area contributed by atoms with E-state index in [9.17, 15) is 18.0 Å². The molecule has 1 saturated carbocycles. The van der Waals surface area contributed by atoms with Gasteiger partial charge in [-0.05, 0) is 89.3 Å². The van der Waals surface area contributed by atoms with Crippen molar-refractivity contribution in [2.75, 3.05) is 25.1 Å². The third kappa shape index (κ3) is 9.01. The predicted molar refractivity (Wildman–Crippen MR) is 194 cm³/mol. The minimum Gasteiger partial charge on any atom is -0.497 e. The number of hydrogen-bond acceptors (Lipinski definition) is 6. The average Bonchev–Trinajstić information content (AvgIpc) is 3.62. The Labute approximate surface area is 297 Å². The molecule has 1 unspecified atom stereocenters. The van der Waals surface area contributed by atoms with Gasteiger partial charge in [-0.15, -0.1) is 0 Å².